The van der Waals surface area contributed by atoms with E-state index in [9.17, 15) is 0 Å². The second kappa shape index (κ2) is 18.3. The van der Waals surface area contributed by atoms with Crippen LogP contribution in [0.3, 0.4) is 0 Å². The first-order valence-electron chi connectivity index (χ1n) is 12.2. The zero-order valence-electron chi connectivity index (χ0n) is 20.2. The van der Waals surface area contributed by atoms with Gasteiger partial charge < -0.3 is 8.97 Å². The van der Waals surface area contributed by atoms with Crippen LogP contribution in [0.25, 0.3) is 0 Å². The van der Waals surface area contributed by atoms with E-state index >= 15 is 0 Å². The highest BCUT2D eigenvalue weighted by Gasteiger charge is 2.23. The minimum absolute atomic E-state index is 1.33. The van der Waals surface area contributed by atoms with Gasteiger partial charge in [-0.15, -0.1) is 0 Å². The van der Waals surface area contributed by atoms with E-state index in [0.29, 0.717) is 0 Å². The fourth-order valence-corrected chi connectivity index (χ4v) is 5.14. The van der Waals surface area contributed by atoms with Crippen molar-refractivity contribution in [1.29, 1.82) is 0 Å². The maximum absolute atomic E-state index is 2.31. The minimum atomic E-state index is 1.33. The van der Waals surface area contributed by atoms with Gasteiger partial charge in [0.15, 0.2) is 0 Å². The summed E-state index contributed by atoms with van der Waals surface area (Å²) in [6, 6.07) is 0. The average Bonchev–Trinajstić information content (AvgIpc) is 2.57. The van der Waals surface area contributed by atoms with Crippen LogP contribution < -0.4 is 0 Å². The smallest absolute Gasteiger partial charge is 0.0783 e. The van der Waals surface area contributed by atoms with Crippen molar-refractivity contribution in [2.75, 3.05) is 52.4 Å². The van der Waals surface area contributed by atoms with Gasteiger partial charge >= 0.3 is 0 Å². The molecule has 0 rings (SSSR count). The summed E-state index contributed by atoms with van der Waals surface area (Å²) in [5, 5.41) is 0. The minimum Gasteiger partial charge on any atom is -0.324 e. The van der Waals surface area contributed by atoms with Gasteiger partial charge in [-0.3, -0.25) is 0 Å². The van der Waals surface area contributed by atoms with Crippen LogP contribution in [0.1, 0.15) is 107 Å². The first kappa shape index (κ1) is 28.1. The van der Waals surface area contributed by atoms with Crippen molar-refractivity contribution < 1.29 is 8.97 Å². The Kier molecular flexibility index (Phi) is 19.8. The Hall–Kier alpha value is -0.0800. The summed E-state index contributed by atoms with van der Waals surface area (Å²) in [4.78, 5) is 0. The molecule has 0 radical (unpaired) electrons. The van der Waals surface area contributed by atoms with Gasteiger partial charge in [-0.05, 0) is 51.4 Å². The Balaban J connectivity index is 0. The van der Waals surface area contributed by atoms with Crippen molar-refractivity contribution in [3.8, 4) is 0 Å². The molecular weight excluding hydrogens is 316 g/mol. The lowest BCUT2D eigenvalue weighted by molar-refractivity contribution is -0.928. The van der Waals surface area contributed by atoms with Crippen LogP contribution in [-0.4, -0.2) is 61.3 Å². The molecule has 160 valence electrons. The summed E-state index contributed by atoms with van der Waals surface area (Å²) in [5.41, 5.74) is 0. The second-order valence-corrected chi connectivity index (χ2v) is 8.47. The maximum atomic E-state index is 2.31. The lowest BCUT2D eigenvalue weighted by Gasteiger charge is -2.38. The van der Waals surface area contributed by atoms with E-state index in [2.05, 4.69) is 55.4 Å². The lowest BCUT2D eigenvalue weighted by Crippen LogP contribution is -2.50. The largest absolute Gasteiger partial charge is 0.324 e. The standard InChI is InChI=1S/2C12H28N/c2*1-5-9-13(10-6-2,11-7-3)12-8-4/h2*5-12H2,1-4H3/q2*+1. The summed E-state index contributed by atoms with van der Waals surface area (Å²) < 4.78 is 2.75. The molecule has 26 heavy (non-hydrogen) atoms. The van der Waals surface area contributed by atoms with Gasteiger partial charge in [0.25, 0.3) is 0 Å². The van der Waals surface area contributed by atoms with Crippen molar-refractivity contribution >= 4 is 0 Å². The molecule has 0 aromatic rings. The number of hydrogen-bond acceptors (Lipinski definition) is 0. The predicted molar refractivity (Wildman–Crippen MR) is 122 cm³/mol. The van der Waals surface area contributed by atoms with Crippen LogP contribution in [0.2, 0.25) is 0 Å². The van der Waals surface area contributed by atoms with Gasteiger partial charge in [0.1, 0.15) is 0 Å². The van der Waals surface area contributed by atoms with Crippen LogP contribution >= 0.6 is 0 Å². The normalized spacial score (nSPS) is 12.0. The number of rotatable bonds is 16. The molecule has 2 heteroatoms. The molecule has 0 N–H and O–H groups in total. The summed E-state index contributed by atoms with van der Waals surface area (Å²) in [6.07, 6.45) is 10.7. The lowest BCUT2D eigenvalue weighted by atomic mass is 10.2. The molecule has 0 unspecified atom stereocenters. The SMILES string of the molecule is CCC[N+](CCC)(CCC)CCC.CCC[N+](CCC)(CCC)CCC. The monoisotopic (exact) mass is 372 g/mol. The van der Waals surface area contributed by atoms with Crippen LogP contribution in [0.5, 0.6) is 0 Å². The van der Waals surface area contributed by atoms with E-state index in [-0.39, 0.29) is 0 Å². The molecule has 0 fully saturated rings. The Bertz CT molecular complexity index is 188. The Morgan fingerprint density at radius 2 is 0.385 bits per heavy atom. The topological polar surface area (TPSA) is 0 Å². The molecule has 0 atom stereocenters. The molecule has 0 bridgehead atoms. The average molecular weight is 373 g/mol. The quantitative estimate of drug-likeness (QED) is 0.259. The van der Waals surface area contributed by atoms with Crippen LogP contribution in [0.4, 0.5) is 0 Å². The van der Waals surface area contributed by atoms with Crippen molar-refractivity contribution in [2.24, 2.45) is 0 Å². The van der Waals surface area contributed by atoms with Gasteiger partial charge in [-0.2, -0.15) is 0 Å². The van der Waals surface area contributed by atoms with Gasteiger partial charge in [0.2, 0.25) is 0 Å². The zero-order chi connectivity index (χ0) is 20.3. The fourth-order valence-electron chi connectivity index (χ4n) is 5.14. The van der Waals surface area contributed by atoms with E-state index in [0.717, 1.165) is 0 Å². The molecule has 0 saturated carbocycles. The van der Waals surface area contributed by atoms with Gasteiger partial charge in [0.05, 0.1) is 52.4 Å². The van der Waals surface area contributed by atoms with E-state index in [1.54, 1.807) is 0 Å². The van der Waals surface area contributed by atoms with Gasteiger partial charge in [-0.25, -0.2) is 0 Å². The van der Waals surface area contributed by atoms with Crippen LogP contribution in [-0.2, 0) is 0 Å². The second-order valence-electron chi connectivity index (χ2n) is 8.47. The first-order chi connectivity index (χ1) is 12.5. The summed E-state index contributed by atoms with van der Waals surface area (Å²) in [7, 11) is 0. The van der Waals surface area contributed by atoms with Gasteiger partial charge in [-0.1, -0.05) is 55.4 Å². The molecule has 0 saturated heterocycles. The van der Waals surface area contributed by atoms with E-state index in [1.165, 1.54) is 113 Å². The van der Waals surface area contributed by atoms with Gasteiger partial charge in [0, 0.05) is 0 Å². The predicted octanol–water partition coefficient (Wildman–Crippen LogP) is 6.89. The highest BCUT2D eigenvalue weighted by atomic mass is 15.3. The molecule has 0 aliphatic carbocycles. The molecule has 0 amide bonds. The van der Waals surface area contributed by atoms with Crippen LogP contribution in [0, 0.1) is 0 Å². The highest BCUT2D eigenvalue weighted by Crippen LogP contribution is 2.13. The fraction of sp³-hybridized carbons (Fsp3) is 1.00. The van der Waals surface area contributed by atoms with E-state index in [1.807, 2.05) is 0 Å². The Morgan fingerprint density at radius 3 is 0.462 bits per heavy atom. The summed E-state index contributed by atoms with van der Waals surface area (Å²) in [6.45, 7) is 29.6. The third kappa shape index (κ3) is 12.3. The summed E-state index contributed by atoms with van der Waals surface area (Å²) >= 11 is 0. The third-order valence-corrected chi connectivity index (χ3v) is 5.58. The zero-order valence-corrected chi connectivity index (χ0v) is 20.2. The van der Waals surface area contributed by atoms with Crippen LogP contribution in [0.15, 0.2) is 0 Å². The number of quaternary nitrogens is 2. The Morgan fingerprint density at radius 1 is 0.269 bits per heavy atom. The van der Waals surface area contributed by atoms with Crippen molar-refractivity contribution in [1.82, 2.24) is 0 Å². The van der Waals surface area contributed by atoms with Crippen molar-refractivity contribution in [2.45, 2.75) is 107 Å². The third-order valence-electron chi connectivity index (χ3n) is 5.58. The van der Waals surface area contributed by atoms with Crippen molar-refractivity contribution in [3.05, 3.63) is 0 Å². The molecule has 2 nitrogen and oxygen atoms in total. The molecule has 0 aromatic heterocycles. The molecule has 0 spiro atoms. The Labute approximate surface area is 168 Å². The molecule has 0 aliphatic heterocycles. The molecular formula is C24H56N2+2. The molecule has 0 aliphatic rings. The number of nitrogens with zero attached hydrogens (tertiary/aromatic N) is 2. The number of hydrogen-bond donors (Lipinski definition) is 0. The van der Waals surface area contributed by atoms with E-state index < -0.39 is 0 Å². The summed E-state index contributed by atoms with van der Waals surface area (Å²) in [5.74, 6) is 0. The maximum Gasteiger partial charge on any atom is 0.0783 e. The van der Waals surface area contributed by atoms with E-state index in [4.69, 9.17) is 0 Å². The molecule has 0 heterocycles. The molecule has 0 aromatic carbocycles. The first-order valence-corrected chi connectivity index (χ1v) is 12.2. The highest BCUT2D eigenvalue weighted by molar-refractivity contribution is 4.45. The van der Waals surface area contributed by atoms with Crippen molar-refractivity contribution in [3.63, 3.8) is 0 Å².